The zero-order valence-electron chi connectivity index (χ0n) is 18.9. The Kier molecular flexibility index (Phi) is 6.80. The summed E-state index contributed by atoms with van der Waals surface area (Å²) in [5.74, 6) is 1.72. The molecule has 1 saturated carbocycles. The Hall–Kier alpha value is -2.86. The van der Waals surface area contributed by atoms with Crippen molar-refractivity contribution in [2.75, 3.05) is 24.3 Å². The Morgan fingerprint density at radius 1 is 1.09 bits per heavy atom. The van der Waals surface area contributed by atoms with Crippen LogP contribution in [0, 0.1) is 12.8 Å². The van der Waals surface area contributed by atoms with Crippen molar-refractivity contribution in [2.24, 2.45) is 5.92 Å². The highest BCUT2D eigenvalue weighted by Gasteiger charge is 2.27. The molecule has 1 aliphatic carbocycles. The fourth-order valence-corrected chi connectivity index (χ4v) is 4.50. The molecule has 1 aromatic heterocycles. The minimum absolute atomic E-state index is 0.0439. The van der Waals surface area contributed by atoms with Gasteiger partial charge in [0.15, 0.2) is 0 Å². The van der Waals surface area contributed by atoms with Crippen LogP contribution in [0.1, 0.15) is 36.8 Å². The van der Waals surface area contributed by atoms with Gasteiger partial charge in [-0.3, -0.25) is 4.79 Å². The first-order chi connectivity index (χ1) is 15.4. The average Bonchev–Trinajstić information content (AvgIpc) is 2.79. The van der Waals surface area contributed by atoms with Crippen LogP contribution in [0.3, 0.4) is 0 Å². The van der Waals surface area contributed by atoms with Crippen LogP contribution in [0.25, 0.3) is 10.9 Å². The fourth-order valence-electron chi connectivity index (χ4n) is 4.30. The van der Waals surface area contributed by atoms with Crippen molar-refractivity contribution in [3.63, 3.8) is 0 Å². The van der Waals surface area contributed by atoms with Crippen LogP contribution in [0.4, 0.5) is 11.8 Å². The number of halogens is 1. The van der Waals surface area contributed by atoms with Crippen molar-refractivity contribution in [3.05, 3.63) is 58.6 Å². The average molecular weight is 452 g/mol. The van der Waals surface area contributed by atoms with E-state index in [2.05, 4.69) is 10.6 Å². The molecule has 0 radical (unpaired) electrons. The summed E-state index contributed by atoms with van der Waals surface area (Å²) < 4.78 is 0. The Bertz CT molecular complexity index is 1110. The number of benzene rings is 2. The fraction of sp³-hybridized carbons (Fsp3) is 0.400. The highest BCUT2D eigenvalue weighted by atomic mass is 35.5. The molecule has 2 aromatic carbocycles. The van der Waals surface area contributed by atoms with E-state index >= 15 is 0 Å². The summed E-state index contributed by atoms with van der Waals surface area (Å²) in [5.41, 5.74) is 3.12. The first-order valence-corrected chi connectivity index (χ1v) is 11.5. The molecule has 0 unspecified atom stereocenters. The molecular weight excluding hydrogens is 422 g/mol. The van der Waals surface area contributed by atoms with Crippen LogP contribution in [0.2, 0.25) is 5.02 Å². The van der Waals surface area contributed by atoms with E-state index in [-0.39, 0.29) is 17.9 Å². The number of carbonyl (C=O) groups excluding carboxylic acids is 1. The monoisotopic (exact) mass is 451 g/mol. The summed E-state index contributed by atoms with van der Waals surface area (Å²) in [6.45, 7) is 2.55. The summed E-state index contributed by atoms with van der Waals surface area (Å²) in [7, 11) is 3.99. The van der Waals surface area contributed by atoms with E-state index in [4.69, 9.17) is 21.6 Å². The number of hydrogen-bond acceptors (Lipinski definition) is 5. The molecule has 7 heteroatoms. The molecular formula is C25H30ClN5O. The molecule has 4 rings (SSSR count). The van der Waals surface area contributed by atoms with Crippen molar-refractivity contribution >= 4 is 40.2 Å². The predicted octanol–water partition coefficient (Wildman–Crippen LogP) is 4.94. The van der Waals surface area contributed by atoms with E-state index in [1.54, 1.807) is 0 Å². The Labute approximate surface area is 194 Å². The van der Waals surface area contributed by atoms with Gasteiger partial charge >= 0.3 is 0 Å². The molecule has 0 bridgehead atoms. The zero-order valence-corrected chi connectivity index (χ0v) is 19.6. The predicted molar refractivity (Wildman–Crippen MR) is 131 cm³/mol. The normalized spacial score (nSPS) is 18.4. The number of nitrogens with one attached hydrogen (secondary N) is 2. The number of aryl methyl sites for hydroxylation is 1. The van der Waals surface area contributed by atoms with Crippen molar-refractivity contribution in [3.8, 4) is 0 Å². The highest BCUT2D eigenvalue weighted by Crippen LogP contribution is 2.28. The van der Waals surface area contributed by atoms with Crippen LogP contribution in [0.15, 0.2) is 42.5 Å². The first-order valence-electron chi connectivity index (χ1n) is 11.1. The molecule has 1 amide bonds. The Morgan fingerprint density at radius 2 is 1.84 bits per heavy atom. The van der Waals surface area contributed by atoms with E-state index in [0.717, 1.165) is 53.5 Å². The second kappa shape index (κ2) is 9.74. The number of amides is 1. The lowest BCUT2D eigenvalue weighted by atomic mass is 9.85. The number of carbonyl (C=O) groups is 1. The molecule has 32 heavy (non-hydrogen) atoms. The molecule has 3 aromatic rings. The second-order valence-corrected chi connectivity index (χ2v) is 9.20. The van der Waals surface area contributed by atoms with Gasteiger partial charge in [0.05, 0.1) is 5.52 Å². The van der Waals surface area contributed by atoms with Crippen molar-refractivity contribution in [2.45, 2.75) is 45.2 Å². The summed E-state index contributed by atoms with van der Waals surface area (Å²) in [5, 5.41) is 8.33. The summed E-state index contributed by atoms with van der Waals surface area (Å²) >= 11 is 6.09. The van der Waals surface area contributed by atoms with Crippen molar-refractivity contribution < 1.29 is 4.79 Å². The third-order valence-corrected chi connectivity index (χ3v) is 6.44. The molecule has 0 spiro atoms. The molecule has 6 nitrogen and oxygen atoms in total. The van der Waals surface area contributed by atoms with E-state index in [1.165, 1.54) is 0 Å². The maximum Gasteiger partial charge on any atom is 0.225 e. The molecule has 0 saturated heterocycles. The smallest absolute Gasteiger partial charge is 0.225 e. The van der Waals surface area contributed by atoms with Crippen LogP contribution >= 0.6 is 11.6 Å². The van der Waals surface area contributed by atoms with Gasteiger partial charge in [0.25, 0.3) is 0 Å². The number of nitrogens with zero attached hydrogens (tertiary/aromatic N) is 3. The van der Waals surface area contributed by atoms with E-state index in [0.29, 0.717) is 17.5 Å². The highest BCUT2D eigenvalue weighted by molar-refractivity contribution is 6.30. The van der Waals surface area contributed by atoms with Gasteiger partial charge in [-0.1, -0.05) is 29.8 Å². The van der Waals surface area contributed by atoms with Crippen molar-refractivity contribution in [1.29, 1.82) is 0 Å². The molecule has 1 fully saturated rings. The maximum absolute atomic E-state index is 12.7. The summed E-state index contributed by atoms with van der Waals surface area (Å²) in [6.07, 6.45) is 3.54. The maximum atomic E-state index is 12.7. The minimum Gasteiger partial charge on any atom is -0.362 e. The van der Waals surface area contributed by atoms with Gasteiger partial charge in [-0.25, -0.2) is 4.98 Å². The third-order valence-electron chi connectivity index (χ3n) is 6.20. The molecule has 1 aliphatic rings. The lowest BCUT2D eigenvalue weighted by molar-refractivity contribution is -0.126. The summed E-state index contributed by atoms with van der Waals surface area (Å²) in [6, 6.07) is 14.1. The van der Waals surface area contributed by atoms with Crippen LogP contribution in [0.5, 0.6) is 0 Å². The van der Waals surface area contributed by atoms with Crippen LogP contribution < -0.4 is 15.5 Å². The number of anilines is 2. The van der Waals surface area contributed by atoms with Gasteiger partial charge in [0.2, 0.25) is 11.9 Å². The van der Waals surface area contributed by atoms with E-state index in [1.807, 2.05) is 68.4 Å². The van der Waals surface area contributed by atoms with Gasteiger partial charge in [0, 0.05) is 43.0 Å². The molecule has 0 aliphatic heterocycles. The van der Waals surface area contributed by atoms with E-state index in [9.17, 15) is 4.79 Å². The number of aromatic nitrogens is 2. The molecule has 2 N–H and O–H groups in total. The first kappa shape index (κ1) is 22.3. The number of para-hydroxylation sites is 1. The minimum atomic E-state index is 0.0439. The van der Waals surface area contributed by atoms with Gasteiger partial charge in [-0.15, -0.1) is 0 Å². The molecule has 1 heterocycles. The van der Waals surface area contributed by atoms with Crippen LogP contribution in [-0.2, 0) is 11.3 Å². The Balaban J connectivity index is 1.34. The standard InChI is InChI=1S/C25H30ClN5O/c1-16-8-11-19(26)14-18(16)15-27-24(32)17-9-12-20(13-10-17)28-25-29-22-7-5-4-6-21(22)23(30-25)31(2)3/h4-8,11,14,17,20H,9-10,12-13,15H2,1-3H3,(H,27,32)(H,28,29,30). The lowest BCUT2D eigenvalue weighted by Crippen LogP contribution is -2.36. The van der Waals surface area contributed by atoms with Gasteiger partial charge < -0.3 is 15.5 Å². The quantitative estimate of drug-likeness (QED) is 0.555. The number of hydrogen-bond donors (Lipinski definition) is 2. The second-order valence-electron chi connectivity index (χ2n) is 8.76. The molecule has 0 atom stereocenters. The number of rotatable bonds is 6. The Morgan fingerprint density at radius 3 is 2.59 bits per heavy atom. The van der Waals surface area contributed by atoms with Gasteiger partial charge in [0.1, 0.15) is 5.82 Å². The zero-order chi connectivity index (χ0) is 22.7. The topological polar surface area (TPSA) is 70.2 Å². The van der Waals surface area contributed by atoms with Crippen LogP contribution in [-0.4, -0.2) is 36.0 Å². The third kappa shape index (κ3) is 5.13. The summed E-state index contributed by atoms with van der Waals surface area (Å²) in [4.78, 5) is 24.2. The largest absolute Gasteiger partial charge is 0.362 e. The SMILES string of the molecule is Cc1ccc(Cl)cc1CNC(=O)C1CCC(Nc2nc(N(C)C)c3ccccc3n2)CC1. The lowest BCUT2D eigenvalue weighted by Gasteiger charge is -2.29. The molecule has 168 valence electrons. The van der Waals surface area contributed by atoms with E-state index < -0.39 is 0 Å². The van der Waals surface area contributed by atoms with Crippen molar-refractivity contribution in [1.82, 2.24) is 15.3 Å². The van der Waals surface area contributed by atoms with Gasteiger partial charge in [-0.05, 0) is 68.0 Å². The van der Waals surface area contributed by atoms with Gasteiger partial charge in [-0.2, -0.15) is 4.98 Å². The number of fused-ring (bicyclic) bond motifs is 1.